The lowest BCUT2D eigenvalue weighted by atomic mass is 10.5. The zero-order valence-corrected chi connectivity index (χ0v) is 13.7. The van der Waals surface area contributed by atoms with Crippen LogP contribution in [0.4, 0.5) is 5.95 Å². The van der Waals surface area contributed by atoms with Crippen molar-refractivity contribution in [3.05, 3.63) is 16.7 Å². The molecule has 10 nitrogen and oxygen atoms in total. The second-order valence-corrected chi connectivity index (χ2v) is 5.84. The summed E-state index contributed by atoms with van der Waals surface area (Å²) in [5.74, 6) is 0.0291. The van der Waals surface area contributed by atoms with Gasteiger partial charge in [-0.05, 0) is 0 Å². The molecule has 0 fully saturated rings. The summed E-state index contributed by atoms with van der Waals surface area (Å²) in [7, 11) is 6.16. The van der Waals surface area contributed by atoms with E-state index in [1.54, 1.807) is 0 Å². The molecular weight excluding hydrogens is 304 g/mol. The lowest BCUT2D eigenvalue weighted by Crippen LogP contribution is -2.36. The number of likely N-dealkylation sites (N-methyl/N-ethyl adjacent to an activating group) is 1. The zero-order chi connectivity index (χ0) is 17.5. The molecule has 2 rings (SSSR count). The molecule has 130 valence electrons. The highest BCUT2D eigenvalue weighted by molar-refractivity contribution is 5.70. The number of imidazole rings is 1. The first-order valence-electron chi connectivity index (χ1n) is 7.09. The van der Waals surface area contributed by atoms with Gasteiger partial charge in [0, 0.05) is 0 Å². The lowest BCUT2D eigenvalue weighted by molar-refractivity contribution is -0.870. The molecule has 0 bridgehead atoms. The van der Waals surface area contributed by atoms with Gasteiger partial charge in [0.05, 0.1) is 47.3 Å². The summed E-state index contributed by atoms with van der Waals surface area (Å²) in [6.07, 6.45) is 1.43. The Morgan fingerprint density at radius 1 is 1.35 bits per heavy atom. The molecule has 10 heteroatoms. The zero-order valence-electron chi connectivity index (χ0n) is 13.7. The van der Waals surface area contributed by atoms with Gasteiger partial charge in [-0.3, -0.25) is 14.3 Å². The number of nitrogens with zero attached hydrogens (tertiary/aromatic N) is 4. The van der Waals surface area contributed by atoms with Crippen LogP contribution in [0.1, 0.15) is 0 Å². The number of hydrogen-bond acceptors (Lipinski definition) is 7. The number of rotatable bonds is 6. The largest absolute Gasteiger partial charge is 0.394 e. The average Bonchev–Trinajstić information content (AvgIpc) is 2.82. The quantitative estimate of drug-likeness (QED) is 0.368. The molecule has 5 N–H and O–H groups in total. The Morgan fingerprint density at radius 3 is 2.57 bits per heavy atom. The Labute approximate surface area is 133 Å². The first-order chi connectivity index (χ1) is 10.8. The van der Waals surface area contributed by atoms with E-state index in [9.17, 15) is 4.79 Å². The van der Waals surface area contributed by atoms with Gasteiger partial charge >= 0.3 is 0 Å². The van der Waals surface area contributed by atoms with E-state index in [0.29, 0.717) is 5.65 Å². The molecule has 0 spiro atoms. The van der Waals surface area contributed by atoms with Crippen LogP contribution in [0.25, 0.3) is 11.2 Å². The van der Waals surface area contributed by atoms with E-state index in [4.69, 9.17) is 20.7 Å². The van der Waals surface area contributed by atoms with E-state index < -0.39 is 0 Å². The number of H-pyrrole nitrogens is 1. The van der Waals surface area contributed by atoms with Crippen molar-refractivity contribution in [2.24, 2.45) is 0 Å². The van der Waals surface area contributed by atoms with Crippen molar-refractivity contribution in [1.82, 2.24) is 19.5 Å². The van der Waals surface area contributed by atoms with Crippen LogP contribution in [0, 0.1) is 0 Å². The van der Waals surface area contributed by atoms with Gasteiger partial charge in [0.25, 0.3) is 5.56 Å². The third kappa shape index (κ3) is 6.32. The van der Waals surface area contributed by atoms with Crippen molar-refractivity contribution in [3.63, 3.8) is 0 Å². The number of anilines is 1. The second kappa shape index (κ2) is 8.58. The van der Waals surface area contributed by atoms with Gasteiger partial charge in [-0.25, -0.2) is 4.98 Å². The van der Waals surface area contributed by atoms with Crippen molar-refractivity contribution in [2.45, 2.75) is 6.73 Å². The number of hydrogen-bond donors (Lipinski definition) is 4. The first kappa shape index (κ1) is 19.0. The summed E-state index contributed by atoms with van der Waals surface area (Å²) in [6.45, 7) is 1.41. The van der Waals surface area contributed by atoms with Gasteiger partial charge in [0.15, 0.2) is 11.2 Å². The van der Waals surface area contributed by atoms with E-state index in [-0.39, 0.29) is 43.6 Å². The minimum Gasteiger partial charge on any atom is -0.394 e. The standard InChI is InChI=1S/C8H11N5O3.C5H14NO/c9-8-11-6-5(7(15)12-8)10-3-13(6)4-16-2-1-14;1-6(2,3)4-5-7/h3,14H,1-2,4H2,(H3,9,11,12,15);7H,4-5H2,1-3H3/q;+1. The molecule has 2 aromatic heterocycles. The van der Waals surface area contributed by atoms with Crippen molar-refractivity contribution >= 4 is 17.1 Å². The number of nitrogens with two attached hydrogens (primary N) is 1. The van der Waals surface area contributed by atoms with Crippen LogP contribution in [-0.2, 0) is 11.5 Å². The number of aliphatic hydroxyl groups is 2. The number of nitrogens with one attached hydrogen (secondary N) is 1. The maximum absolute atomic E-state index is 11.4. The number of aliphatic hydroxyl groups excluding tert-OH is 2. The van der Waals surface area contributed by atoms with Crippen LogP contribution in [-0.4, -0.2) is 81.7 Å². The molecule has 0 saturated heterocycles. The Kier molecular flexibility index (Phi) is 7.10. The van der Waals surface area contributed by atoms with Crippen molar-refractivity contribution < 1.29 is 19.4 Å². The van der Waals surface area contributed by atoms with Crippen LogP contribution in [0.3, 0.4) is 0 Å². The second-order valence-electron chi connectivity index (χ2n) is 5.84. The van der Waals surface area contributed by atoms with Crippen LogP contribution < -0.4 is 11.3 Å². The Morgan fingerprint density at radius 2 is 2.04 bits per heavy atom. The molecule has 23 heavy (non-hydrogen) atoms. The molecule has 0 unspecified atom stereocenters. The molecule has 2 heterocycles. The van der Waals surface area contributed by atoms with Gasteiger partial charge < -0.3 is 25.2 Å². The fraction of sp³-hybridized carbons (Fsp3) is 0.615. The number of aromatic nitrogens is 4. The fourth-order valence-electron chi connectivity index (χ4n) is 1.59. The Balaban J connectivity index is 0.000000322. The minimum absolute atomic E-state index is 0.0291. The minimum atomic E-state index is -0.386. The number of aromatic amines is 1. The molecule has 0 aromatic carbocycles. The van der Waals surface area contributed by atoms with Gasteiger partial charge in [-0.2, -0.15) is 4.98 Å². The van der Waals surface area contributed by atoms with Crippen molar-refractivity contribution in [1.29, 1.82) is 0 Å². The van der Waals surface area contributed by atoms with Crippen LogP contribution in [0.5, 0.6) is 0 Å². The maximum Gasteiger partial charge on any atom is 0.280 e. The summed E-state index contributed by atoms with van der Waals surface area (Å²) < 4.78 is 7.48. The number of quaternary nitrogens is 1. The number of nitrogen functional groups attached to an aromatic ring is 1. The van der Waals surface area contributed by atoms with E-state index in [1.807, 2.05) is 0 Å². The molecule has 0 saturated carbocycles. The van der Waals surface area contributed by atoms with Gasteiger partial charge in [-0.15, -0.1) is 0 Å². The van der Waals surface area contributed by atoms with Crippen LogP contribution in [0.15, 0.2) is 11.1 Å². The molecule has 0 amide bonds. The molecule has 0 atom stereocenters. The van der Waals surface area contributed by atoms with E-state index in [0.717, 1.165) is 11.0 Å². The summed E-state index contributed by atoms with van der Waals surface area (Å²) in [5.41, 5.74) is 5.60. The first-order valence-corrected chi connectivity index (χ1v) is 7.09. The molecule has 2 aromatic rings. The third-order valence-electron chi connectivity index (χ3n) is 2.73. The Hall–Kier alpha value is -2.01. The van der Waals surface area contributed by atoms with Crippen molar-refractivity contribution in [2.75, 3.05) is 53.2 Å². The summed E-state index contributed by atoms with van der Waals surface area (Å²) >= 11 is 0. The molecular formula is C13H25N6O4+. The smallest absolute Gasteiger partial charge is 0.280 e. The highest BCUT2D eigenvalue weighted by Gasteiger charge is 2.08. The summed E-state index contributed by atoms with van der Waals surface area (Å²) in [5, 5.41) is 16.9. The van der Waals surface area contributed by atoms with E-state index in [2.05, 4.69) is 36.1 Å². The lowest BCUT2D eigenvalue weighted by Gasteiger charge is -2.21. The molecule has 0 aliphatic heterocycles. The van der Waals surface area contributed by atoms with Gasteiger partial charge in [0.2, 0.25) is 5.95 Å². The molecule has 0 aliphatic rings. The topological polar surface area (TPSA) is 139 Å². The van der Waals surface area contributed by atoms with Gasteiger partial charge in [0.1, 0.15) is 13.3 Å². The highest BCUT2D eigenvalue weighted by Crippen LogP contribution is 2.05. The monoisotopic (exact) mass is 329 g/mol. The maximum atomic E-state index is 11.4. The molecule has 0 radical (unpaired) electrons. The fourth-order valence-corrected chi connectivity index (χ4v) is 1.59. The SMILES string of the molecule is C[N+](C)(C)CCO.Nc1nc2c(ncn2COCCO)c(=O)[nH]1. The summed E-state index contributed by atoms with van der Waals surface area (Å²) in [4.78, 5) is 21.6. The highest BCUT2D eigenvalue weighted by atomic mass is 16.5. The number of fused-ring (bicyclic) bond motifs is 1. The molecule has 0 aliphatic carbocycles. The normalized spacial score (nSPS) is 11.3. The van der Waals surface area contributed by atoms with Gasteiger partial charge in [-0.1, -0.05) is 0 Å². The Bertz CT molecular complexity index is 661. The van der Waals surface area contributed by atoms with Crippen LogP contribution in [0.2, 0.25) is 0 Å². The number of ether oxygens (including phenoxy) is 1. The average molecular weight is 329 g/mol. The van der Waals surface area contributed by atoms with E-state index >= 15 is 0 Å². The predicted molar refractivity (Wildman–Crippen MR) is 85.6 cm³/mol. The van der Waals surface area contributed by atoms with Crippen LogP contribution >= 0.6 is 0 Å². The summed E-state index contributed by atoms with van der Waals surface area (Å²) in [6, 6.07) is 0. The third-order valence-corrected chi connectivity index (χ3v) is 2.73. The van der Waals surface area contributed by atoms with E-state index in [1.165, 1.54) is 10.9 Å². The van der Waals surface area contributed by atoms with Crippen molar-refractivity contribution in [3.8, 4) is 0 Å². The predicted octanol–water partition coefficient (Wildman–Crippen LogP) is -1.65.